The molecule has 1 aliphatic heterocycles. The molecule has 1 heterocycles. The van der Waals surface area contributed by atoms with Crippen LogP contribution < -0.4 is 20.9 Å². The van der Waals surface area contributed by atoms with Crippen molar-refractivity contribution in [3.63, 3.8) is 0 Å². The topological polar surface area (TPSA) is 62.4 Å². The van der Waals surface area contributed by atoms with Crippen LogP contribution >= 0.6 is 11.6 Å². The van der Waals surface area contributed by atoms with E-state index in [1.54, 1.807) is 0 Å². The summed E-state index contributed by atoms with van der Waals surface area (Å²) in [5.74, 6) is 0.0362. The van der Waals surface area contributed by atoms with E-state index in [9.17, 15) is 18.0 Å². The van der Waals surface area contributed by atoms with Crippen molar-refractivity contribution in [3.05, 3.63) is 23.2 Å². The zero-order chi connectivity index (χ0) is 18.6. The van der Waals surface area contributed by atoms with Crippen molar-refractivity contribution in [1.29, 1.82) is 0 Å². The molecule has 0 bridgehead atoms. The summed E-state index contributed by atoms with van der Waals surface area (Å²) < 4.78 is 41.8. The number of nitrogens with one attached hydrogen (secondary N) is 3. The van der Waals surface area contributed by atoms with Gasteiger partial charge in [-0.15, -0.1) is 0 Å². The molecule has 1 aliphatic rings. The second-order valence-corrected chi connectivity index (χ2v) is 6.87. The van der Waals surface area contributed by atoms with Crippen LogP contribution in [0, 0.1) is 5.92 Å². The van der Waals surface area contributed by atoms with Crippen molar-refractivity contribution in [1.82, 2.24) is 10.9 Å². The van der Waals surface area contributed by atoms with Crippen molar-refractivity contribution >= 4 is 23.2 Å². The number of hydrazine groups is 1. The normalized spacial score (nSPS) is 20.8. The van der Waals surface area contributed by atoms with Crippen LogP contribution in [-0.2, 0) is 4.79 Å². The third-order valence-electron chi connectivity index (χ3n) is 3.65. The van der Waals surface area contributed by atoms with E-state index in [2.05, 4.69) is 30.0 Å². The molecule has 1 fully saturated rings. The number of hydrogen-bond acceptors (Lipinski definition) is 4. The van der Waals surface area contributed by atoms with Crippen LogP contribution in [-0.4, -0.2) is 30.8 Å². The smallest absolute Gasteiger partial charge is 0.422 e. The molecule has 1 saturated heterocycles. The molecule has 2 rings (SSSR count). The fourth-order valence-electron chi connectivity index (χ4n) is 2.62. The number of alkyl halides is 3. The molecule has 1 amide bonds. The van der Waals surface area contributed by atoms with E-state index < -0.39 is 18.8 Å². The average Bonchev–Trinajstić information content (AvgIpc) is 2.93. The molecule has 9 heteroatoms. The van der Waals surface area contributed by atoms with Gasteiger partial charge in [-0.2, -0.15) is 13.2 Å². The third-order valence-corrected chi connectivity index (χ3v) is 3.88. The first kappa shape index (κ1) is 19.8. The van der Waals surface area contributed by atoms with Crippen molar-refractivity contribution in [3.8, 4) is 5.75 Å². The lowest BCUT2D eigenvalue weighted by Crippen LogP contribution is -2.40. The van der Waals surface area contributed by atoms with Crippen LogP contribution in [0.1, 0.15) is 26.7 Å². The van der Waals surface area contributed by atoms with Gasteiger partial charge in [-0.05, 0) is 37.0 Å². The fraction of sp³-hybridized carbons (Fsp3) is 0.562. The average molecular weight is 380 g/mol. The van der Waals surface area contributed by atoms with Gasteiger partial charge >= 0.3 is 6.18 Å². The minimum atomic E-state index is -4.47. The quantitative estimate of drug-likeness (QED) is 0.708. The first-order chi connectivity index (χ1) is 11.6. The fourth-order valence-corrected chi connectivity index (χ4v) is 2.79. The lowest BCUT2D eigenvalue weighted by molar-refractivity contribution is -0.153. The Kier molecular flexibility index (Phi) is 6.53. The molecule has 0 saturated carbocycles. The Morgan fingerprint density at radius 2 is 2.12 bits per heavy atom. The van der Waals surface area contributed by atoms with Gasteiger partial charge < -0.3 is 10.1 Å². The van der Waals surface area contributed by atoms with E-state index in [1.165, 1.54) is 18.2 Å². The van der Waals surface area contributed by atoms with Gasteiger partial charge in [-0.3, -0.25) is 10.2 Å². The number of anilines is 1. The number of carbonyl (C=O) groups excluding carboxylic acids is 1. The molecule has 0 aliphatic carbocycles. The largest absolute Gasteiger partial charge is 0.482 e. The summed E-state index contributed by atoms with van der Waals surface area (Å²) in [4.78, 5) is 12.4. The Labute approximate surface area is 149 Å². The predicted molar refractivity (Wildman–Crippen MR) is 89.6 cm³/mol. The maximum Gasteiger partial charge on any atom is 0.422 e. The summed E-state index contributed by atoms with van der Waals surface area (Å²) in [6.07, 6.45) is -2.97. The zero-order valence-corrected chi connectivity index (χ0v) is 14.7. The first-order valence-electron chi connectivity index (χ1n) is 7.95. The molecular weight excluding hydrogens is 359 g/mol. The Hall–Kier alpha value is -1.51. The van der Waals surface area contributed by atoms with Crippen LogP contribution in [0.25, 0.3) is 0 Å². The van der Waals surface area contributed by atoms with Crippen LogP contribution in [0.15, 0.2) is 18.2 Å². The Morgan fingerprint density at radius 1 is 1.40 bits per heavy atom. The SMILES string of the molecule is CC(C)CC1CC(C(=O)Nc2cc(Cl)ccc2OCC(F)(F)F)NN1. The number of ether oxygens (including phenoxy) is 1. The minimum absolute atomic E-state index is 0.0836. The molecule has 0 radical (unpaired) electrons. The molecular formula is C16H21ClF3N3O2. The number of rotatable bonds is 6. The highest BCUT2D eigenvalue weighted by molar-refractivity contribution is 6.31. The van der Waals surface area contributed by atoms with E-state index >= 15 is 0 Å². The van der Waals surface area contributed by atoms with E-state index in [0.717, 1.165) is 6.42 Å². The lowest BCUT2D eigenvalue weighted by Gasteiger charge is -2.16. The number of halogens is 4. The van der Waals surface area contributed by atoms with Gasteiger partial charge in [0.25, 0.3) is 0 Å². The molecule has 1 aromatic carbocycles. The second-order valence-electron chi connectivity index (χ2n) is 6.44. The van der Waals surface area contributed by atoms with Crippen LogP contribution in [0.2, 0.25) is 5.02 Å². The van der Waals surface area contributed by atoms with Gasteiger partial charge in [0, 0.05) is 11.1 Å². The second kappa shape index (κ2) is 8.25. The molecule has 25 heavy (non-hydrogen) atoms. The predicted octanol–water partition coefficient (Wildman–Crippen LogP) is 3.50. The number of hydrogen-bond donors (Lipinski definition) is 3. The Morgan fingerprint density at radius 3 is 2.76 bits per heavy atom. The number of carbonyl (C=O) groups is 1. The zero-order valence-electron chi connectivity index (χ0n) is 13.9. The maximum absolute atomic E-state index is 12.4. The van der Waals surface area contributed by atoms with E-state index in [4.69, 9.17) is 16.3 Å². The molecule has 2 atom stereocenters. The van der Waals surface area contributed by atoms with Gasteiger partial charge in [0.2, 0.25) is 5.91 Å². The summed E-state index contributed by atoms with van der Waals surface area (Å²) in [6, 6.07) is 3.73. The van der Waals surface area contributed by atoms with Gasteiger partial charge in [0.1, 0.15) is 11.8 Å². The van der Waals surface area contributed by atoms with Gasteiger partial charge in [0.05, 0.1) is 5.69 Å². The van der Waals surface area contributed by atoms with Crippen molar-refractivity contribution in [2.24, 2.45) is 5.92 Å². The van der Waals surface area contributed by atoms with Crippen LogP contribution in [0.3, 0.4) is 0 Å². The monoisotopic (exact) mass is 379 g/mol. The Balaban J connectivity index is 2.01. The highest BCUT2D eigenvalue weighted by atomic mass is 35.5. The first-order valence-corrected chi connectivity index (χ1v) is 8.33. The van der Waals surface area contributed by atoms with Gasteiger partial charge in [0.15, 0.2) is 6.61 Å². The minimum Gasteiger partial charge on any atom is -0.482 e. The lowest BCUT2D eigenvalue weighted by atomic mass is 10.00. The van der Waals surface area contributed by atoms with E-state index in [0.29, 0.717) is 12.3 Å². The molecule has 140 valence electrons. The van der Waals surface area contributed by atoms with Crippen LogP contribution in [0.4, 0.5) is 18.9 Å². The third kappa shape index (κ3) is 6.37. The molecule has 0 spiro atoms. The van der Waals surface area contributed by atoms with Gasteiger partial charge in [-0.1, -0.05) is 25.4 Å². The van der Waals surface area contributed by atoms with Crippen molar-refractivity contribution < 1.29 is 22.7 Å². The summed E-state index contributed by atoms with van der Waals surface area (Å²) in [7, 11) is 0. The van der Waals surface area contributed by atoms with E-state index in [-0.39, 0.29) is 28.4 Å². The maximum atomic E-state index is 12.4. The molecule has 1 aromatic rings. The molecule has 2 unspecified atom stereocenters. The summed E-state index contributed by atoms with van der Waals surface area (Å²) in [5.41, 5.74) is 6.07. The number of amides is 1. The molecule has 0 aromatic heterocycles. The van der Waals surface area contributed by atoms with Crippen LogP contribution in [0.5, 0.6) is 5.75 Å². The van der Waals surface area contributed by atoms with Gasteiger partial charge in [-0.25, -0.2) is 5.43 Å². The standard InChI is InChI=1S/C16H21ClF3N3O2/c1-9(2)5-11-7-13(23-22-11)15(24)21-12-6-10(17)3-4-14(12)25-8-16(18,19)20/h3-4,6,9,11,13,22-23H,5,7-8H2,1-2H3,(H,21,24). The summed E-state index contributed by atoms with van der Waals surface area (Å²) in [5, 5.41) is 2.87. The van der Waals surface area contributed by atoms with Crippen molar-refractivity contribution in [2.75, 3.05) is 11.9 Å². The molecule has 3 N–H and O–H groups in total. The summed E-state index contributed by atoms with van der Waals surface area (Å²) in [6.45, 7) is 2.73. The Bertz CT molecular complexity index is 611. The highest BCUT2D eigenvalue weighted by Gasteiger charge is 2.31. The highest BCUT2D eigenvalue weighted by Crippen LogP contribution is 2.30. The van der Waals surface area contributed by atoms with Crippen molar-refractivity contribution in [2.45, 2.75) is 44.9 Å². The molecule has 5 nitrogen and oxygen atoms in total. The van der Waals surface area contributed by atoms with E-state index in [1.807, 2.05) is 0 Å². The summed E-state index contributed by atoms with van der Waals surface area (Å²) >= 11 is 5.87. The number of benzene rings is 1.